The molecule has 0 bridgehead atoms. The molecule has 0 atom stereocenters. The van der Waals surface area contributed by atoms with Crippen molar-refractivity contribution < 1.29 is 21.2 Å². The zero-order valence-corrected chi connectivity index (χ0v) is 14.3. The molecule has 9 heteroatoms. The number of hydrogen-bond acceptors (Lipinski definition) is 4. The van der Waals surface area contributed by atoms with Crippen molar-refractivity contribution in [2.24, 2.45) is 0 Å². The van der Waals surface area contributed by atoms with Crippen molar-refractivity contribution in [3.05, 3.63) is 24.0 Å². The van der Waals surface area contributed by atoms with Crippen LogP contribution in [0, 0.1) is 5.82 Å². The average molecular weight is 358 g/mol. The summed E-state index contributed by atoms with van der Waals surface area (Å²) >= 11 is 0. The van der Waals surface area contributed by atoms with Crippen molar-refractivity contribution in [2.75, 3.05) is 6.54 Å². The molecule has 0 amide bonds. The molecular weight excluding hydrogens is 341 g/mol. The summed E-state index contributed by atoms with van der Waals surface area (Å²) in [6, 6.07) is 2.17. The van der Waals surface area contributed by atoms with Gasteiger partial charge in [-0.2, -0.15) is 4.31 Å². The van der Waals surface area contributed by atoms with Crippen molar-refractivity contribution in [1.82, 2.24) is 4.31 Å². The van der Waals surface area contributed by atoms with Crippen molar-refractivity contribution in [2.45, 2.75) is 43.0 Å². The lowest BCUT2D eigenvalue weighted by atomic mass is 10.3. The quantitative estimate of drug-likeness (QED) is 0.733. The van der Waals surface area contributed by atoms with Gasteiger partial charge in [-0.3, -0.25) is 0 Å². The van der Waals surface area contributed by atoms with Gasteiger partial charge >= 0.3 is 0 Å². The van der Waals surface area contributed by atoms with Gasteiger partial charge in [-0.15, -0.1) is 0 Å². The lowest BCUT2D eigenvalue weighted by molar-refractivity contribution is 0.352. The molecule has 1 rings (SSSR count). The van der Waals surface area contributed by atoms with Gasteiger partial charge in [0.15, 0.2) is 0 Å². The molecule has 1 aromatic carbocycles. The van der Waals surface area contributed by atoms with Crippen molar-refractivity contribution >= 4 is 29.8 Å². The second-order valence-electron chi connectivity index (χ2n) is 4.74. The summed E-state index contributed by atoms with van der Waals surface area (Å²) in [5.41, 5.74) is 0. The molecule has 0 radical (unpaired) electrons. The molecule has 0 heterocycles. The monoisotopic (exact) mass is 357 g/mol. The fourth-order valence-corrected chi connectivity index (χ4v) is 4.38. The van der Waals surface area contributed by atoms with Crippen LogP contribution >= 0.6 is 10.7 Å². The van der Waals surface area contributed by atoms with Crippen LogP contribution in [0.2, 0.25) is 0 Å². The maximum Gasteiger partial charge on any atom is 0.261 e. The molecule has 0 unspecified atom stereocenters. The molecule has 0 aliphatic heterocycles. The van der Waals surface area contributed by atoms with E-state index in [-0.39, 0.29) is 12.6 Å². The minimum atomic E-state index is -4.11. The SMILES string of the molecule is CCCN(C(C)C)S(=O)(=O)c1ccc(S(=O)(=O)Cl)cc1F. The lowest BCUT2D eigenvalue weighted by Crippen LogP contribution is -2.37. The maximum absolute atomic E-state index is 14.0. The van der Waals surface area contributed by atoms with Gasteiger partial charge in [-0.1, -0.05) is 6.92 Å². The summed E-state index contributed by atoms with van der Waals surface area (Å²) in [5.74, 6) is -1.14. The van der Waals surface area contributed by atoms with Crippen LogP contribution in [0.3, 0.4) is 0 Å². The fourth-order valence-electron chi connectivity index (χ4n) is 1.85. The Labute approximate surface area is 129 Å². The summed E-state index contributed by atoms with van der Waals surface area (Å²) in [6.45, 7) is 5.42. The molecule has 0 aliphatic rings. The van der Waals surface area contributed by atoms with E-state index in [2.05, 4.69) is 0 Å². The molecule has 0 saturated carbocycles. The first-order valence-electron chi connectivity index (χ1n) is 6.28. The third-order valence-corrected chi connectivity index (χ3v) is 6.25. The third kappa shape index (κ3) is 4.15. The van der Waals surface area contributed by atoms with E-state index in [1.54, 1.807) is 13.8 Å². The van der Waals surface area contributed by atoms with Crippen LogP contribution in [0.15, 0.2) is 28.0 Å². The third-order valence-electron chi connectivity index (χ3n) is 2.79. The number of benzene rings is 1. The summed E-state index contributed by atoms with van der Waals surface area (Å²) in [6.07, 6.45) is 0.577. The topological polar surface area (TPSA) is 71.5 Å². The molecule has 21 heavy (non-hydrogen) atoms. The van der Waals surface area contributed by atoms with Crippen LogP contribution in [-0.2, 0) is 19.1 Å². The van der Waals surface area contributed by atoms with Crippen molar-refractivity contribution in [3.8, 4) is 0 Å². The van der Waals surface area contributed by atoms with E-state index < -0.39 is 34.7 Å². The lowest BCUT2D eigenvalue weighted by Gasteiger charge is -2.25. The van der Waals surface area contributed by atoms with Gasteiger partial charge in [-0.25, -0.2) is 21.2 Å². The maximum atomic E-state index is 14.0. The highest BCUT2D eigenvalue weighted by Gasteiger charge is 2.29. The molecule has 0 aromatic heterocycles. The molecular formula is C12H17ClFNO4S2. The Balaban J connectivity index is 3.39. The molecule has 0 spiro atoms. The van der Waals surface area contributed by atoms with Gasteiger partial charge < -0.3 is 0 Å². The van der Waals surface area contributed by atoms with E-state index in [1.807, 2.05) is 6.92 Å². The molecule has 0 saturated heterocycles. The summed E-state index contributed by atoms with van der Waals surface area (Å²) in [5, 5.41) is 0. The van der Waals surface area contributed by atoms with Crippen molar-refractivity contribution in [3.63, 3.8) is 0 Å². The van der Waals surface area contributed by atoms with Gasteiger partial charge in [0.25, 0.3) is 9.05 Å². The molecule has 0 fully saturated rings. The second-order valence-corrected chi connectivity index (χ2v) is 9.16. The Hall–Kier alpha value is -0.700. The van der Waals surface area contributed by atoms with Crippen LogP contribution in [-0.4, -0.2) is 33.7 Å². The Kier molecular flexibility index (Phi) is 5.76. The van der Waals surface area contributed by atoms with Crippen LogP contribution < -0.4 is 0 Å². The largest absolute Gasteiger partial charge is 0.261 e. The number of hydrogen-bond donors (Lipinski definition) is 0. The first-order valence-corrected chi connectivity index (χ1v) is 10.0. The zero-order chi connectivity index (χ0) is 16.4. The molecule has 0 aliphatic carbocycles. The fraction of sp³-hybridized carbons (Fsp3) is 0.500. The molecule has 0 N–H and O–H groups in total. The standard InChI is InChI=1S/C12H17ClFNO4S2/c1-4-7-15(9(2)3)21(18,19)12-6-5-10(8-11(12)14)20(13,16)17/h5-6,8-9H,4,7H2,1-3H3. The zero-order valence-electron chi connectivity index (χ0n) is 11.9. The number of sulfonamides is 1. The van der Waals surface area contributed by atoms with Crippen LogP contribution in [0.5, 0.6) is 0 Å². The predicted octanol–water partition coefficient (Wildman–Crippen LogP) is 2.56. The number of rotatable bonds is 6. The summed E-state index contributed by atoms with van der Waals surface area (Å²) in [4.78, 5) is -1.04. The van der Waals surface area contributed by atoms with E-state index in [0.29, 0.717) is 12.5 Å². The highest BCUT2D eigenvalue weighted by molar-refractivity contribution is 8.13. The normalized spacial score (nSPS) is 13.1. The Morgan fingerprint density at radius 1 is 1.24 bits per heavy atom. The van der Waals surface area contributed by atoms with E-state index in [9.17, 15) is 21.2 Å². The second kappa shape index (κ2) is 6.60. The van der Waals surface area contributed by atoms with Gasteiger partial charge in [0.2, 0.25) is 10.0 Å². The van der Waals surface area contributed by atoms with Crippen LogP contribution in [0.25, 0.3) is 0 Å². The molecule has 1 aromatic rings. The number of halogens is 2. The first kappa shape index (κ1) is 18.3. The van der Waals surface area contributed by atoms with Gasteiger partial charge in [-0.05, 0) is 38.5 Å². The van der Waals surface area contributed by atoms with E-state index in [1.165, 1.54) is 4.31 Å². The predicted molar refractivity (Wildman–Crippen MR) is 78.8 cm³/mol. The average Bonchev–Trinajstić information content (AvgIpc) is 2.33. The molecule has 120 valence electrons. The van der Waals surface area contributed by atoms with E-state index in [4.69, 9.17) is 10.7 Å². The van der Waals surface area contributed by atoms with Gasteiger partial charge in [0, 0.05) is 23.3 Å². The number of nitrogens with zero attached hydrogens (tertiary/aromatic N) is 1. The highest BCUT2D eigenvalue weighted by Crippen LogP contribution is 2.25. The summed E-state index contributed by atoms with van der Waals surface area (Å²) < 4.78 is 62.3. The smallest absolute Gasteiger partial charge is 0.207 e. The van der Waals surface area contributed by atoms with Crippen LogP contribution in [0.1, 0.15) is 27.2 Å². The Bertz CT molecular complexity index is 717. The first-order chi connectivity index (χ1) is 9.51. The van der Waals surface area contributed by atoms with Crippen molar-refractivity contribution in [1.29, 1.82) is 0 Å². The van der Waals surface area contributed by atoms with E-state index >= 15 is 0 Å². The van der Waals surface area contributed by atoms with Gasteiger partial charge in [0.05, 0.1) is 4.90 Å². The highest BCUT2D eigenvalue weighted by atomic mass is 35.7. The minimum Gasteiger partial charge on any atom is -0.207 e. The minimum absolute atomic E-state index is 0.245. The van der Waals surface area contributed by atoms with E-state index in [0.717, 1.165) is 12.1 Å². The Morgan fingerprint density at radius 3 is 2.19 bits per heavy atom. The van der Waals surface area contributed by atoms with Gasteiger partial charge in [0.1, 0.15) is 10.7 Å². The Morgan fingerprint density at radius 2 is 1.81 bits per heavy atom. The summed E-state index contributed by atoms with van der Waals surface area (Å²) in [7, 11) is -3.04. The van der Waals surface area contributed by atoms with Crippen LogP contribution in [0.4, 0.5) is 4.39 Å². The molecule has 5 nitrogen and oxygen atoms in total.